The summed E-state index contributed by atoms with van der Waals surface area (Å²) in [6, 6.07) is 19.2. The van der Waals surface area contributed by atoms with E-state index in [9.17, 15) is 9.18 Å². The molecule has 0 saturated heterocycles. The highest BCUT2D eigenvalue weighted by Crippen LogP contribution is 2.23. The summed E-state index contributed by atoms with van der Waals surface area (Å²) < 4.78 is 20.3. The molecule has 0 aliphatic carbocycles. The summed E-state index contributed by atoms with van der Waals surface area (Å²) in [5.41, 5.74) is 2.87. The molecule has 0 bridgehead atoms. The number of rotatable bonds is 8. The number of nitrogens with zero attached hydrogens (tertiary/aromatic N) is 1. The summed E-state index contributed by atoms with van der Waals surface area (Å²) in [5, 5.41) is 6.58. The fourth-order valence-corrected chi connectivity index (χ4v) is 2.93. The monoisotopic (exact) mass is 470 g/mol. The number of hydrogen-bond donors (Lipinski definition) is 1. The summed E-state index contributed by atoms with van der Waals surface area (Å²) in [6.07, 6.45) is 1.45. The van der Waals surface area contributed by atoms with Gasteiger partial charge >= 0.3 is 0 Å². The topological polar surface area (TPSA) is 59.9 Å². The number of oxime groups is 1. The van der Waals surface area contributed by atoms with Crippen LogP contribution < -0.4 is 10.1 Å². The van der Waals surface area contributed by atoms with Crippen molar-refractivity contribution >= 4 is 33.7 Å². The normalized spacial score (nSPS) is 10.8. The van der Waals surface area contributed by atoms with E-state index in [0.29, 0.717) is 22.6 Å². The van der Waals surface area contributed by atoms with Gasteiger partial charge < -0.3 is 14.9 Å². The van der Waals surface area contributed by atoms with Crippen LogP contribution in [0.5, 0.6) is 5.75 Å². The Morgan fingerprint density at radius 3 is 2.67 bits per heavy atom. The molecule has 3 aromatic carbocycles. The lowest BCUT2D eigenvalue weighted by atomic mass is 10.2. The van der Waals surface area contributed by atoms with Gasteiger partial charge in [-0.05, 0) is 43.3 Å². The summed E-state index contributed by atoms with van der Waals surface area (Å²) in [4.78, 5) is 17.0. The van der Waals surface area contributed by atoms with Crippen LogP contribution in [-0.2, 0) is 16.2 Å². The van der Waals surface area contributed by atoms with E-state index in [4.69, 9.17) is 9.57 Å². The zero-order chi connectivity index (χ0) is 21.3. The molecule has 3 rings (SSSR count). The van der Waals surface area contributed by atoms with E-state index in [0.717, 1.165) is 10.0 Å². The Kier molecular flexibility index (Phi) is 7.57. The second-order valence-corrected chi connectivity index (χ2v) is 7.40. The summed E-state index contributed by atoms with van der Waals surface area (Å²) >= 11 is 3.40. The van der Waals surface area contributed by atoms with Crippen LogP contribution in [0.3, 0.4) is 0 Å². The number of carbonyl (C=O) groups is 1. The number of benzene rings is 3. The second kappa shape index (κ2) is 10.5. The number of anilines is 1. The third-order valence-electron chi connectivity index (χ3n) is 4.11. The molecule has 0 fully saturated rings. The van der Waals surface area contributed by atoms with Gasteiger partial charge in [-0.15, -0.1) is 0 Å². The van der Waals surface area contributed by atoms with E-state index in [1.807, 2.05) is 37.3 Å². The van der Waals surface area contributed by atoms with Gasteiger partial charge in [0.1, 0.15) is 18.2 Å². The first kappa shape index (κ1) is 21.5. The number of hydrogen-bond acceptors (Lipinski definition) is 4. The van der Waals surface area contributed by atoms with Crippen LogP contribution >= 0.6 is 15.9 Å². The molecule has 0 aliphatic rings. The van der Waals surface area contributed by atoms with Gasteiger partial charge in [0, 0.05) is 21.3 Å². The molecule has 0 saturated carbocycles. The SMILES string of the molecule is Cc1ccc(NC(=O)CON=Cc2cc(Br)ccc2OCc2ccccc2F)cc1. The number of carbonyl (C=O) groups excluding carboxylic acids is 1. The van der Waals surface area contributed by atoms with Gasteiger partial charge in [0.05, 0.1) is 6.21 Å². The van der Waals surface area contributed by atoms with Gasteiger partial charge in [-0.2, -0.15) is 0 Å². The molecule has 0 spiro atoms. The van der Waals surface area contributed by atoms with Crippen molar-refractivity contribution in [3.05, 3.63) is 93.7 Å². The van der Waals surface area contributed by atoms with Crippen molar-refractivity contribution in [1.82, 2.24) is 0 Å². The molecule has 0 atom stereocenters. The van der Waals surface area contributed by atoms with Crippen molar-refractivity contribution in [3.8, 4) is 5.75 Å². The van der Waals surface area contributed by atoms with Crippen LogP contribution in [0.15, 0.2) is 76.4 Å². The van der Waals surface area contributed by atoms with Crippen molar-refractivity contribution in [3.63, 3.8) is 0 Å². The van der Waals surface area contributed by atoms with E-state index in [1.54, 1.807) is 30.3 Å². The molecule has 0 heterocycles. The third kappa shape index (κ3) is 6.42. The zero-order valence-electron chi connectivity index (χ0n) is 16.3. The predicted octanol–water partition coefficient (Wildman–Crippen LogP) is 5.46. The second-order valence-electron chi connectivity index (χ2n) is 6.48. The number of halogens is 2. The number of ether oxygens (including phenoxy) is 1. The molecule has 0 aromatic heterocycles. The molecule has 5 nitrogen and oxygen atoms in total. The maximum Gasteiger partial charge on any atom is 0.265 e. The van der Waals surface area contributed by atoms with Gasteiger partial charge in [0.25, 0.3) is 5.91 Å². The largest absolute Gasteiger partial charge is 0.488 e. The predicted molar refractivity (Wildman–Crippen MR) is 118 cm³/mol. The van der Waals surface area contributed by atoms with E-state index < -0.39 is 0 Å². The fraction of sp³-hybridized carbons (Fsp3) is 0.130. The highest BCUT2D eigenvalue weighted by Gasteiger charge is 2.07. The van der Waals surface area contributed by atoms with Gasteiger partial charge in [-0.25, -0.2) is 4.39 Å². The Labute approximate surface area is 182 Å². The summed E-state index contributed by atoms with van der Waals surface area (Å²) in [5.74, 6) is -0.132. The molecule has 154 valence electrons. The average molecular weight is 471 g/mol. The Morgan fingerprint density at radius 2 is 1.90 bits per heavy atom. The summed E-state index contributed by atoms with van der Waals surface area (Å²) in [7, 11) is 0. The Balaban J connectivity index is 1.56. The molecule has 1 N–H and O–H groups in total. The zero-order valence-corrected chi connectivity index (χ0v) is 17.9. The standard InChI is InChI=1S/C23H20BrFN2O3/c1-16-6-9-20(10-7-16)27-23(28)15-30-26-13-18-12-19(24)8-11-22(18)29-14-17-4-2-3-5-21(17)25/h2-13H,14-15H2,1H3,(H,27,28). The Morgan fingerprint density at radius 1 is 1.13 bits per heavy atom. The molecule has 1 amide bonds. The van der Waals surface area contributed by atoms with Crippen LogP contribution in [0.25, 0.3) is 0 Å². The molecule has 30 heavy (non-hydrogen) atoms. The fourth-order valence-electron chi connectivity index (χ4n) is 2.55. The van der Waals surface area contributed by atoms with Gasteiger partial charge in [-0.3, -0.25) is 4.79 Å². The van der Waals surface area contributed by atoms with E-state index in [-0.39, 0.29) is 24.9 Å². The molecular formula is C23H20BrFN2O3. The van der Waals surface area contributed by atoms with E-state index >= 15 is 0 Å². The molecular weight excluding hydrogens is 451 g/mol. The molecule has 7 heteroatoms. The lowest BCUT2D eigenvalue weighted by Crippen LogP contribution is -2.16. The first-order valence-corrected chi connectivity index (χ1v) is 9.98. The van der Waals surface area contributed by atoms with Gasteiger partial charge in [0.15, 0.2) is 6.61 Å². The number of amides is 1. The smallest absolute Gasteiger partial charge is 0.265 e. The van der Waals surface area contributed by atoms with Crippen molar-refractivity contribution < 1.29 is 18.8 Å². The molecule has 0 radical (unpaired) electrons. The number of nitrogens with one attached hydrogen (secondary N) is 1. The lowest BCUT2D eigenvalue weighted by Gasteiger charge is -2.10. The average Bonchev–Trinajstić information content (AvgIpc) is 2.73. The Hall–Kier alpha value is -3.19. The maximum atomic E-state index is 13.8. The van der Waals surface area contributed by atoms with Gasteiger partial charge in [0.2, 0.25) is 0 Å². The maximum absolute atomic E-state index is 13.8. The van der Waals surface area contributed by atoms with Crippen LogP contribution in [0, 0.1) is 12.7 Å². The van der Waals surface area contributed by atoms with Crippen molar-refractivity contribution in [2.75, 3.05) is 11.9 Å². The molecule has 3 aromatic rings. The van der Waals surface area contributed by atoms with Crippen molar-refractivity contribution in [1.29, 1.82) is 0 Å². The third-order valence-corrected chi connectivity index (χ3v) is 4.60. The highest BCUT2D eigenvalue weighted by molar-refractivity contribution is 9.10. The Bertz CT molecular complexity index is 1040. The first-order valence-electron chi connectivity index (χ1n) is 9.19. The van der Waals surface area contributed by atoms with Crippen LogP contribution in [0.1, 0.15) is 16.7 Å². The van der Waals surface area contributed by atoms with Crippen LogP contribution in [0.2, 0.25) is 0 Å². The molecule has 0 unspecified atom stereocenters. The van der Waals surface area contributed by atoms with Crippen molar-refractivity contribution in [2.24, 2.45) is 5.16 Å². The van der Waals surface area contributed by atoms with E-state index in [1.165, 1.54) is 12.3 Å². The highest BCUT2D eigenvalue weighted by atomic mass is 79.9. The van der Waals surface area contributed by atoms with Crippen LogP contribution in [0.4, 0.5) is 10.1 Å². The minimum atomic E-state index is -0.326. The summed E-state index contributed by atoms with van der Waals surface area (Å²) in [6.45, 7) is 1.82. The van der Waals surface area contributed by atoms with E-state index in [2.05, 4.69) is 26.4 Å². The minimum Gasteiger partial charge on any atom is -0.488 e. The first-order chi connectivity index (χ1) is 14.5. The number of aryl methyl sites for hydroxylation is 1. The molecule has 0 aliphatic heterocycles. The minimum absolute atomic E-state index is 0.0783. The van der Waals surface area contributed by atoms with Crippen molar-refractivity contribution in [2.45, 2.75) is 13.5 Å². The quantitative estimate of drug-likeness (QED) is 0.351. The van der Waals surface area contributed by atoms with Crippen LogP contribution in [-0.4, -0.2) is 18.7 Å². The van der Waals surface area contributed by atoms with Gasteiger partial charge in [-0.1, -0.05) is 57.0 Å². The lowest BCUT2D eigenvalue weighted by molar-refractivity contribution is -0.120.